The van der Waals surface area contributed by atoms with Gasteiger partial charge in [-0.2, -0.15) is 0 Å². The molecule has 0 aliphatic heterocycles. The number of aliphatic imine (C=N–C) groups is 1. The zero-order valence-corrected chi connectivity index (χ0v) is 14.7. The lowest BCUT2D eigenvalue weighted by atomic mass is 10.0. The summed E-state index contributed by atoms with van der Waals surface area (Å²) in [7, 11) is 0. The first-order valence-corrected chi connectivity index (χ1v) is 9.21. The van der Waals surface area contributed by atoms with Gasteiger partial charge in [-0.15, -0.1) is 0 Å². The van der Waals surface area contributed by atoms with Gasteiger partial charge < -0.3 is 0 Å². The van der Waals surface area contributed by atoms with Crippen LogP contribution in [0.4, 0.5) is 5.13 Å². The number of hydrogen-bond donors (Lipinski definition) is 0. The predicted octanol–water partition coefficient (Wildman–Crippen LogP) is 5.93. The van der Waals surface area contributed by atoms with Crippen LogP contribution in [0.3, 0.4) is 0 Å². The summed E-state index contributed by atoms with van der Waals surface area (Å²) in [5.41, 5.74) is 6.14. The number of aryl methyl sites for hydroxylation is 1. The second-order valence-corrected chi connectivity index (χ2v) is 7.49. The SMILES string of the molecule is Cc1ccc(/C=N/c2nc3c(s2)Cc2c-3ccc3ccccc23)cc1. The van der Waals surface area contributed by atoms with Gasteiger partial charge in [0.2, 0.25) is 5.13 Å². The zero-order chi connectivity index (χ0) is 16.8. The molecule has 0 bridgehead atoms. The Kier molecular flexibility index (Phi) is 3.28. The Balaban J connectivity index is 1.51. The molecule has 0 N–H and O–H groups in total. The minimum Gasteiger partial charge on any atom is -0.227 e. The second-order valence-electron chi connectivity index (χ2n) is 6.43. The van der Waals surface area contributed by atoms with Crippen LogP contribution < -0.4 is 0 Å². The Bertz CT molecular complexity index is 1120. The quantitative estimate of drug-likeness (QED) is 0.366. The van der Waals surface area contributed by atoms with Crippen molar-refractivity contribution in [3.05, 3.63) is 82.2 Å². The minimum atomic E-state index is 0.837. The molecule has 0 atom stereocenters. The van der Waals surface area contributed by atoms with Gasteiger partial charge in [0.25, 0.3) is 0 Å². The highest BCUT2D eigenvalue weighted by atomic mass is 32.1. The standard InChI is InChI=1S/C22H16N2S/c1-14-6-8-15(9-7-14)13-23-22-24-21-18-11-10-16-4-2-3-5-17(16)19(18)12-20(21)25-22/h2-11,13H,12H2,1H3/b23-13+. The van der Waals surface area contributed by atoms with Crippen LogP contribution in [0.5, 0.6) is 0 Å². The van der Waals surface area contributed by atoms with Crippen molar-refractivity contribution in [2.45, 2.75) is 13.3 Å². The smallest absolute Gasteiger partial charge is 0.209 e. The summed E-state index contributed by atoms with van der Waals surface area (Å²) in [6.45, 7) is 2.09. The molecule has 4 aromatic rings. The molecule has 0 saturated heterocycles. The Hall–Kier alpha value is -2.78. The molecule has 1 heterocycles. The predicted molar refractivity (Wildman–Crippen MR) is 106 cm³/mol. The van der Waals surface area contributed by atoms with Crippen LogP contribution in [0.1, 0.15) is 21.6 Å². The molecule has 0 spiro atoms. The fraction of sp³-hybridized carbons (Fsp3) is 0.0909. The van der Waals surface area contributed by atoms with Gasteiger partial charge in [-0.1, -0.05) is 77.6 Å². The molecule has 0 unspecified atom stereocenters. The average Bonchev–Trinajstić information content (AvgIpc) is 3.19. The van der Waals surface area contributed by atoms with Gasteiger partial charge in [-0.25, -0.2) is 9.98 Å². The van der Waals surface area contributed by atoms with E-state index in [9.17, 15) is 0 Å². The molecular weight excluding hydrogens is 324 g/mol. The van der Waals surface area contributed by atoms with E-state index in [1.165, 1.54) is 32.3 Å². The molecule has 0 fully saturated rings. The molecule has 0 saturated carbocycles. The fourth-order valence-corrected chi connectivity index (χ4v) is 4.35. The van der Waals surface area contributed by atoms with Gasteiger partial charge in [0, 0.05) is 23.1 Å². The number of thiazole rings is 1. The van der Waals surface area contributed by atoms with Crippen molar-refractivity contribution in [2.75, 3.05) is 0 Å². The van der Waals surface area contributed by atoms with E-state index in [1.54, 1.807) is 11.3 Å². The van der Waals surface area contributed by atoms with Gasteiger partial charge in [-0.05, 0) is 28.8 Å². The lowest BCUT2D eigenvalue weighted by molar-refractivity contribution is 1.33. The second kappa shape index (κ2) is 5.64. The van der Waals surface area contributed by atoms with Crippen molar-refractivity contribution >= 4 is 33.5 Å². The Morgan fingerprint density at radius 2 is 1.84 bits per heavy atom. The molecule has 2 nitrogen and oxygen atoms in total. The van der Waals surface area contributed by atoms with Crippen molar-refractivity contribution in [3.8, 4) is 11.3 Å². The maximum atomic E-state index is 4.79. The zero-order valence-electron chi connectivity index (χ0n) is 13.9. The molecule has 0 radical (unpaired) electrons. The number of aromatic nitrogens is 1. The monoisotopic (exact) mass is 340 g/mol. The van der Waals surface area contributed by atoms with Crippen LogP contribution in [-0.2, 0) is 6.42 Å². The highest BCUT2D eigenvalue weighted by Gasteiger charge is 2.24. The first kappa shape index (κ1) is 14.6. The van der Waals surface area contributed by atoms with E-state index in [0.29, 0.717) is 0 Å². The lowest BCUT2D eigenvalue weighted by Gasteiger charge is -2.04. The summed E-state index contributed by atoms with van der Waals surface area (Å²) >= 11 is 1.70. The molecule has 1 aliphatic rings. The van der Waals surface area contributed by atoms with E-state index in [2.05, 4.69) is 72.6 Å². The lowest BCUT2D eigenvalue weighted by Crippen LogP contribution is -1.84. The van der Waals surface area contributed by atoms with Crippen LogP contribution in [0.2, 0.25) is 0 Å². The maximum absolute atomic E-state index is 4.79. The van der Waals surface area contributed by atoms with E-state index < -0.39 is 0 Å². The number of fused-ring (bicyclic) bond motifs is 5. The largest absolute Gasteiger partial charge is 0.227 e. The van der Waals surface area contributed by atoms with E-state index in [-0.39, 0.29) is 0 Å². The number of benzene rings is 3. The molecule has 5 rings (SSSR count). The van der Waals surface area contributed by atoms with E-state index >= 15 is 0 Å². The third-order valence-corrected chi connectivity index (χ3v) is 5.68. The minimum absolute atomic E-state index is 0.837. The number of hydrogen-bond acceptors (Lipinski definition) is 3. The van der Waals surface area contributed by atoms with Crippen LogP contribution >= 0.6 is 11.3 Å². The highest BCUT2D eigenvalue weighted by molar-refractivity contribution is 7.15. The maximum Gasteiger partial charge on any atom is 0.209 e. The molecule has 3 heteroatoms. The van der Waals surface area contributed by atoms with E-state index in [1.807, 2.05) is 6.21 Å². The summed E-state index contributed by atoms with van der Waals surface area (Å²) in [5, 5.41) is 3.48. The number of nitrogens with zero attached hydrogens (tertiary/aromatic N) is 2. The summed E-state index contributed by atoms with van der Waals surface area (Å²) in [6, 6.07) is 21.4. The number of rotatable bonds is 2. The van der Waals surface area contributed by atoms with Gasteiger partial charge >= 0.3 is 0 Å². The Morgan fingerprint density at radius 3 is 2.72 bits per heavy atom. The molecule has 1 aromatic heterocycles. The van der Waals surface area contributed by atoms with Crippen molar-refractivity contribution in [2.24, 2.45) is 4.99 Å². The van der Waals surface area contributed by atoms with Gasteiger partial charge in [0.05, 0.1) is 5.69 Å². The fourth-order valence-electron chi connectivity index (χ4n) is 3.42. The van der Waals surface area contributed by atoms with Gasteiger partial charge in [0.15, 0.2) is 0 Å². The Labute approximate surface area is 150 Å². The first-order chi connectivity index (χ1) is 12.3. The first-order valence-electron chi connectivity index (χ1n) is 8.39. The average molecular weight is 340 g/mol. The molecular formula is C22H16N2S. The van der Waals surface area contributed by atoms with Gasteiger partial charge in [-0.3, -0.25) is 0 Å². The van der Waals surface area contributed by atoms with Crippen LogP contribution in [0.15, 0.2) is 65.7 Å². The van der Waals surface area contributed by atoms with E-state index in [0.717, 1.165) is 22.8 Å². The van der Waals surface area contributed by atoms with Crippen LogP contribution in [0.25, 0.3) is 22.0 Å². The summed E-state index contributed by atoms with van der Waals surface area (Å²) in [4.78, 5) is 10.7. The highest BCUT2D eigenvalue weighted by Crippen LogP contribution is 2.44. The van der Waals surface area contributed by atoms with Gasteiger partial charge in [0.1, 0.15) is 0 Å². The molecule has 25 heavy (non-hydrogen) atoms. The van der Waals surface area contributed by atoms with Crippen molar-refractivity contribution in [3.63, 3.8) is 0 Å². The summed E-state index contributed by atoms with van der Waals surface area (Å²) in [6.07, 6.45) is 2.86. The normalized spacial score (nSPS) is 12.7. The molecule has 120 valence electrons. The third kappa shape index (κ3) is 2.48. The molecule has 1 aliphatic carbocycles. The van der Waals surface area contributed by atoms with Crippen LogP contribution in [-0.4, -0.2) is 11.2 Å². The molecule has 3 aromatic carbocycles. The summed E-state index contributed by atoms with van der Waals surface area (Å²) < 4.78 is 0. The Morgan fingerprint density at radius 1 is 1.00 bits per heavy atom. The molecule has 0 amide bonds. The topological polar surface area (TPSA) is 25.2 Å². The van der Waals surface area contributed by atoms with E-state index in [4.69, 9.17) is 4.98 Å². The van der Waals surface area contributed by atoms with Crippen molar-refractivity contribution < 1.29 is 0 Å². The van der Waals surface area contributed by atoms with Crippen LogP contribution in [0, 0.1) is 6.92 Å². The summed E-state index contributed by atoms with van der Waals surface area (Å²) in [5.74, 6) is 0. The third-order valence-electron chi connectivity index (χ3n) is 4.72. The van der Waals surface area contributed by atoms with Crippen molar-refractivity contribution in [1.29, 1.82) is 0 Å². The van der Waals surface area contributed by atoms with Crippen molar-refractivity contribution in [1.82, 2.24) is 4.98 Å².